The summed E-state index contributed by atoms with van der Waals surface area (Å²) in [6.45, 7) is 1.19. The third-order valence-electron chi connectivity index (χ3n) is 2.76. The fourth-order valence-electron chi connectivity index (χ4n) is 1.32. The van der Waals surface area contributed by atoms with Crippen molar-refractivity contribution >= 4 is 10.0 Å². The Morgan fingerprint density at radius 1 is 1.10 bits per heavy atom. The number of hydrogen-bond acceptors (Lipinski definition) is 2. The molecule has 21 heavy (non-hydrogen) atoms. The van der Waals surface area contributed by atoms with Crippen LogP contribution in [0.15, 0.2) is 0 Å². The van der Waals surface area contributed by atoms with Crippen molar-refractivity contribution in [3.8, 4) is 0 Å². The van der Waals surface area contributed by atoms with Crippen LogP contribution in [0, 0.1) is 0 Å². The molecule has 0 aliphatic heterocycles. The number of rotatable bonds is 8. The SMILES string of the molecule is CC(F)(CCS(=O)(=O)NCCC[N+](C)(C)C)C(F)(F)F.[Br-]. The summed E-state index contributed by atoms with van der Waals surface area (Å²) in [7, 11) is 1.92. The molecule has 4 nitrogen and oxygen atoms in total. The summed E-state index contributed by atoms with van der Waals surface area (Å²) in [6.07, 6.45) is -5.62. The van der Waals surface area contributed by atoms with Crippen LogP contribution in [0.4, 0.5) is 17.6 Å². The first-order chi connectivity index (χ1) is 8.66. The van der Waals surface area contributed by atoms with Gasteiger partial charge in [-0.2, -0.15) is 13.2 Å². The van der Waals surface area contributed by atoms with Crippen LogP contribution in [0.25, 0.3) is 0 Å². The molecule has 1 N–H and O–H groups in total. The highest BCUT2D eigenvalue weighted by molar-refractivity contribution is 7.89. The summed E-state index contributed by atoms with van der Waals surface area (Å²) in [5.41, 5.74) is -3.50. The minimum absolute atomic E-state index is 0. The molecule has 1 unspecified atom stereocenters. The average Bonchev–Trinajstić information content (AvgIpc) is 2.19. The van der Waals surface area contributed by atoms with Crippen LogP contribution < -0.4 is 21.7 Å². The van der Waals surface area contributed by atoms with Gasteiger partial charge < -0.3 is 21.5 Å². The van der Waals surface area contributed by atoms with E-state index in [4.69, 9.17) is 0 Å². The molecule has 130 valence electrons. The third-order valence-corrected chi connectivity index (χ3v) is 4.14. The van der Waals surface area contributed by atoms with E-state index in [0.717, 1.165) is 0 Å². The number of nitrogens with one attached hydrogen (secondary N) is 1. The van der Waals surface area contributed by atoms with Gasteiger partial charge in [-0.05, 0) is 6.92 Å². The Morgan fingerprint density at radius 2 is 1.57 bits per heavy atom. The largest absolute Gasteiger partial charge is 1.00 e. The lowest BCUT2D eigenvalue weighted by Crippen LogP contribution is -3.00. The predicted molar refractivity (Wildman–Crippen MR) is 69.5 cm³/mol. The Bertz CT molecular complexity index is 405. The van der Waals surface area contributed by atoms with Crippen molar-refractivity contribution in [3.05, 3.63) is 0 Å². The van der Waals surface area contributed by atoms with Gasteiger partial charge in [0.2, 0.25) is 15.7 Å². The molecule has 0 bridgehead atoms. The second kappa shape index (κ2) is 8.07. The third kappa shape index (κ3) is 10.4. The molecule has 0 amide bonds. The van der Waals surface area contributed by atoms with Gasteiger partial charge >= 0.3 is 6.18 Å². The Labute approximate surface area is 134 Å². The number of sulfonamides is 1. The van der Waals surface area contributed by atoms with E-state index in [1.54, 1.807) is 0 Å². The molecule has 0 fully saturated rings. The van der Waals surface area contributed by atoms with E-state index in [1.165, 1.54) is 0 Å². The van der Waals surface area contributed by atoms with Crippen molar-refractivity contribution in [1.82, 2.24) is 4.72 Å². The van der Waals surface area contributed by atoms with Gasteiger partial charge in [-0.1, -0.05) is 0 Å². The normalized spacial score (nSPS) is 16.2. The number of nitrogens with zero attached hydrogens (tertiary/aromatic N) is 1. The van der Waals surface area contributed by atoms with Gasteiger partial charge in [-0.15, -0.1) is 0 Å². The summed E-state index contributed by atoms with van der Waals surface area (Å²) in [5.74, 6) is -0.885. The maximum atomic E-state index is 13.3. The van der Waals surface area contributed by atoms with Gasteiger partial charge in [0.05, 0.1) is 33.4 Å². The summed E-state index contributed by atoms with van der Waals surface area (Å²) < 4.78 is 75.8. The van der Waals surface area contributed by atoms with Crippen LogP contribution in [-0.2, 0) is 10.0 Å². The molecule has 0 aromatic carbocycles. The Balaban J connectivity index is 0. The lowest BCUT2D eigenvalue weighted by molar-refractivity contribution is -0.870. The fourth-order valence-corrected chi connectivity index (χ4v) is 2.57. The Hall–Kier alpha value is 0.0700. The van der Waals surface area contributed by atoms with Gasteiger partial charge in [0.1, 0.15) is 0 Å². The smallest absolute Gasteiger partial charge is 0.422 e. The molecule has 0 rings (SSSR count). The molecule has 0 aromatic heterocycles. The Morgan fingerprint density at radius 3 is 1.95 bits per heavy atom. The minimum atomic E-state index is -5.06. The van der Waals surface area contributed by atoms with E-state index in [-0.39, 0.29) is 23.5 Å². The quantitative estimate of drug-likeness (QED) is 0.311. The molecule has 0 radical (unpaired) electrons. The number of halogens is 5. The summed E-state index contributed by atoms with van der Waals surface area (Å²) in [5, 5.41) is 0. The van der Waals surface area contributed by atoms with Gasteiger partial charge in [0.15, 0.2) is 0 Å². The zero-order valence-corrected chi connectivity index (χ0v) is 15.0. The summed E-state index contributed by atoms with van der Waals surface area (Å²) in [4.78, 5) is 0. The van der Waals surface area contributed by atoms with Crippen molar-refractivity contribution in [2.45, 2.75) is 31.6 Å². The van der Waals surface area contributed by atoms with Crippen molar-refractivity contribution in [1.29, 1.82) is 0 Å². The molecule has 0 saturated carbocycles. The molecule has 0 aliphatic carbocycles. The predicted octanol–water partition coefficient (Wildman–Crippen LogP) is -1.31. The Kier molecular flexibility index (Phi) is 8.97. The standard InChI is InChI=1S/C11H23F4N2O2S.BrH/c1-10(12,11(13,14)15)6-9-20(18,19)16-7-5-8-17(2,3)4;/h16H,5-9H2,1-4H3;1H/q+1;/p-1. The molecule has 0 aliphatic rings. The molecule has 1 atom stereocenters. The van der Waals surface area contributed by atoms with Gasteiger partial charge in [-0.3, -0.25) is 0 Å². The van der Waals surface area contributed by atoms with E-state index in [0.29, 0.717) is 24.4 Å². The average molecular weight is 403 g/mol. The van der Waals surface area contributed by atoms with Crippen molar-refractivity contribution in [3.63, 3.8) is 0 Å². The molecular formula is C11H23BrF4N2O2S. The second-order valence-corrected chi connectivity index (χ2v) is 7.95. The summed E-state index contributed by atoms with van der Waals surface area (Å²) in [6, 6.07) is 0. The molecule has 0 saturated heterocycles. The van der Waals surface area contributed by atoms with E-state index < -0.39 is 34.0 Å². The highest BCUT2D eigenvalue weighted by atomic mass is 79.9. The van der Waals surface area contributed by atoms with E-state index in [9.17, 15) is 26.0 Å². The maximum Gasteiger partial charge on any atom is 0.422 e. The molecule has 0 spiro atoms. The summed E-state index contributed by atoms with van der Waals surface area (Å²) >= 11 is 0. The second-order valence-electron chi connectivity index (χ2n) is 6.03. The highest BCUT2D eigenvalue weighted by Gasteiger charge is 2.52. The van der Waals surface area contributed by atoms with Gasteiger partial charge in [-0.25, -0.2) is 17.5 Å². The van der Waals surface area contributed by atoms with Crippen LogP contribution in [0.1, 0.15) is 19.8 Å². The van der Waals surface area contributed by atoms with E-state index in [1.807, 2.05) is 21.1 Å². The van der Waals surface area contributed by atoms with Crippen LogP contribution in [0.2, 0.25) is 0 Å². The monoisotopic (exact) mass is 402 g/mol. The van der Waals surface area contributed by atoms with Crippen LogP contribution in [0.5, 0.6) is 0 Å². The zero-order chi connectivity index (χ0) is 16.2. The highest BCUT2D eigenvalue weighted by Crippen LogP contribution is 2.36. The minimum Gasteiger partial charge on any atom is -1.00 e. The first-order valence-electron chi connectivity index (χ1n) is 6.20. The molecule has 0 heterocycles. The van der Waals surface area contributed by atoms with Crippen molar-refractivity contribution < 1.29 is 47.4 Å². The van der Waals surface area contributed by atoms with Crippen molar-refractivity contribution in [2.24, 2.45) is 0 Å². The number of quaternary nitrogens is 1. The lowest BCUT2D eigenvalue weighted by Gasteiger charge is -2.24. The van der Waals surface area contributed by atoms with Crippen LogP contribution >= 0.6 is 0 Å². The molecular weight excluding hydrogens is 380 g/mol. The molecule has 0 aromatic rings. The van der Waals surface area contributed by atoms with Crippen LogP contribution in [0.3, 0.4) is 0 Å². The molecule has 10 heteroatoms. The number of hydrogen-bond donors (Lipinski definition) is 1. The fraction of sp³-hybridized carbons (Fsp3) is 1.00. The maximum absolute atomic E-state index is 13.3. The van der Waals surface area contributed by atoms with Crippen LogP contribution in [-0.4, -0.2) is 64.7 Å². The van der Waals surface area contributed by atoms with Crippen molar-refractivity contribution in [2.75, 3.05) is 40.0 Å². The first kappa shape index (κ1) is 23.3. The van der Waals surface area contributed by atoms with E-state index in [2.05, 4.69) is 4.72 Å². The topological polar surface area (TPSA) is 46.2 Å². The van der Waals surface area contributed by atoms with Gasteiger partial charge in [0.25, 0.3) is 0 Å². The van der Waals surface area contributed by atoms with Gasteiger partial charge in [0, 0.05) is 19.4 Å². The zero-order valence-electron chi connectivity index (χ0n) is 12.6. The van der Waals surface area contributed by atoms with E-state index >= 15 is 0 Å². The number of alkyl halides is 4. The lowest BCUT2D eigenvalue weighted by atomic mass is 10.1. The first-order valence-corrected chi connectivity index (χ1v) is 7.85.